The number of hydrogen-bond acceptors (Lipinski definition) is 5. The number of methoxy groups -OCH3 is 1. The third kappa shape index (κ3) is 3.11. The summed E-state index contributed by atoms with van der Waals surface area (Å²) >= 11 is 0. The first-order valence-electron chi connectivity index (χ1n) is 8.40. The lowest BCUT2D eigenvalue weighted by Gasteiger charge is -2.10. The topological polar surface area (TPSA) is 83.4 Å². The van der Waals surface area contributed by atoms with E-state index in [0.29, 0.717) is 18.7 Å². The van der Waals surface area contributed by atoms with Gasteiger partial charge in [0, 0.05) is 18.0 Å². The smallest absolute Gasteiger partial charge is 0.120 e. The average Bonchev–Trinajstić information content (AvgIpc) is 3.01. The van der Waals surface area contributed by atoms with Crippen LogP contribution in [0.3, 0.4) is 0 Å². The number of nitriles is 1. The summed E-state index contributed by atoms with van der Waals surface area (Å²) in [6.07, 6.45) is 0. The molecule has 1 heterocycles. The van der Waals surface area contributed by atoms with E-state index >= 15 is 0 Å². The molecule has 6 heteroatoms. The van der Waals surface area contributed by atoms with Crippen molar-refractivity contribution in [2.75, 3.05) is 20.3 Å². The Balaban J connectivity index is 2.09. The summed E-state index contributed by atoms with van der Waals surface area (Å²) in [5.74, 6) is 1.49. The van der Waals surface area contributed by atoms with E-state index in [-0.39, 0.29) is 0 Å². The predicted molar refractivity (Wildman–Crippen MR) is 99.8 cm³/mol. The lowest BCUT2D eigenvalue weighted by atomic mass is 10.1. The Morgan fingerprint density at radius 3 is 2.50 bits per heavy atom. The number of benzene rings is 2. The summed E-state index contributed by atoms with van der Waals surface area (Å²) in [4.78, 5) is 0. The average molecular weight is 348 g/mol. The fourth-order valence-corrected chi connectivity index (χ4v) is 3.12. The highest BCUT2D eigenvalue weighted by Crippen LogP contribution is 2.35. The maximum absolute atomic E-state index is 9.76. The molecule has 6 nitrogen and oxygen atoms in total. The summed E-state index contributed by atoms with van der Waals surface area (Å²) < 4.78 is 13.0. The number of aryl methyl sites for hydroxylation is 1. The predicted octanol–water partition coefficient (Wildman–Crippen LogP) is 4.62. The second kappa shape index (κ2) is 7.70. The van der Waals surface area contributed by atoms with Crippen molar-refractivity contribution in [1.29, 1.82) is 10.8 Å². The molecule has 0 saturated heterocycles. The fourth-order valence-electron chi connectivity index (χ4n) is 3.12. The molecule has 0 saturated carbocycles. The molecule has 1 N–H and O–H groups in total. The van der Waals surface area contributed by atoms with Crippen LogP contribution >= 0.6 is 0 Å². The van der Waals surface area contributed by atoms with Crippen LogP contribution in [0.2, 0.25) is 0 Å². The van der Waals surface area contributed by atoms with Crippen LogP contribution in [-0.4, -0.2) is 24.8 Å². The standard InChI is InChI=1S/C20H20N4O2/c1-3-24-19-12-16(25-2)8-9-17(19)18(13-21)20(24)14-4-6-15(7-5-14)26-11-10-23-22/h4-9,12,22H,3,10-11H2,1-2H3. The van der Waals surface area contributed by atoms with Crippen molar-refractivity contribution in [1.82, 2.24) is 4.57 Å². The number of rotatable bonds is 7. The first-order valence-corrected chi connectivity index (χ1v) is 8.40. The molecule has 0 amide bonds. The molecule has 0 aliphatic heterocycles. The number of ether oxygens (including phenoxy) is 2. The van der Waals surface area contributed by atoms with Crippen LogP contribution in [0.15, 0.2) is 47.6 Å². The molecule has 0 radical (unpaired) electrons. The van der Waals surface area contributed by atoms with E-state index in [1.165, 1.54) is 0 Å². The summed E-state index contributed by atoms with van der Waals surface area (Å²) in [5.41, 5.74) is 10.3. The van der Waals surface area contributed by atoms with Gasteiger partial charge in [0.25, 0.3) is 0 Å². The lowest BCUT2D eigenvalue weighted by molar-refractivity contribution is 0.325. The minimum Gasteiger partial charge on any atom is -0.497 e. The Bertz CT molecular complexity index is 968. The molecule has 0 unspecified atom stereocenters. The van der Waals surface area contributed by atoms with Gasteiger partial charge in [-0.05, 0) is 48.9 Å². The molecule has 1 aromatic heterocycles. The lowest BCUT2D eigenvalue weighted by Crippen LogP contribution is -2.00. The SMILES string of the molecule is CCn1c(-c2ccc(OCCN=N)cc2)c(C#N)c2ccc(OC)cc21. The highest BCUT2D eigenvalue weighted by molar-refractivity contribution is 5.95. The molecular weight excluding hydrogens is 328 g/mol. The van der Waals surface area contributed by atoms with Crippen molar-refractivity contribution in [3.8, 4) is 28.8 Å². The van der Waals surface area contributed by atoms with Gasteiger partial charge in [0.1, 0.15) is 24.2 Å². The van der Waals surface area contributed by atoms with Gasteiger partial charge in [-0.2, -0.15) is 10.4 Å². The first-order chi connectivity index (χ1) is 12.7. The molecule has 0 spiro atoms. The van der Waals surface area contributed by atoms with Gasteiger partial charge >= 0.3 is 0 Å². The Labute approximate surface area is 152 Å². The van der Waals surface area contributed by atoms with Gasteiger partial charge in [0.2, 0.25) is 0 Å². The second-order valence-electron chi connectivity index (χ2n) is 5.72. The zero-order valence-corrected chi connectivity index (χ0v) is 14.8. The number of nitrogens with one attached hydrogen (secondary N) is 1. The van der Waals surface area contributed by atoms with Crippen molar-refractivity contribution < 1.29 is 9.47 Å². The van der Waals surface area contributed by atoms with Crippen LogP contribution in [-0.2, 0) is 6.54 Å². The summed E-state index contributed by atoms with van der Waals surface area (Å²) in [6.45, 7) is 3.52. The van der Waals surface area contributed by atoms with Gasteiger partial charge in [-0.1, -0.05) is 0 Å². The molecular formula is C20H20N4O2. The van der Waals surface area contributed by atoms with Crippen LogP contribution in [0.4, 0.5) is 0 Å². The molecule has 3 aromatic rings. The minimum absolute atomic E-state index is 0.340. The van der Waals surface area contributed by atoms with Crippen molar-refractivity contribution >= 4 is 10.9 Å². The van der Waals surface area contributed by atoms with E-state index in [2.05, 4.69) is 22.7 Å². The van der Waals surface area contributed by atoms with E-state index in [1.807, 2.05) is 42.5 Å². The third-order valence-electron chi connectivity index (χ3n) is 4.30. The zero-order chi connectivity index (χ0) is 18.5. The largest absolute Gasteiger partial charge is 0.497 e. The molecule has 0 atom stereocenters. The van der Waals surface area contributed by atoms with Gasteiger partial charge in [-0.25, -0.2) is 5.53 Å². The highest BCUT2D eigenvalue weighted by atomic mass is 16.5. The molecule has 26 heavy (non-hydrogen) atoms. The number of aromatic nitrogens is 1. The monoisotopic (exact) mass is 348 g/mol. The second-order valence-corrected chi connectivity index (χ2v) is 5.72. The molecule has 0 aliphatic carbocycles. The van der Waals surface area contributed by atoms with Gasteiger partial charge in [-0.3, -0.25) is 0 Å². The maximum Gasteiger partial charge on any atom is 0.120 e. The van der Waals surface area contributed by atoms with Crippen LogP contribution in [0, 0.1) is 16.9 Å². The molecule has 0 aliphatic rings. The van der Waals surface area contributed by atoms with Crippen molar-refractivity contribution in [3.05, 3.63) is 48.0 Å². The summed E-state index contributed by atoms with van der Waals surface area (Å²) in [6, 6.07) is 15.8. The van der Waals surface area contributed by atoms with E-state index in [9.17, 15) is 5.26 Å². The Morgan fingerprint density at radius 1 is 1.15 bits per heavy atom. The molecule has 2 aromatic carbocycles. The Hall–Kier alpha value is -3.33. The van der Waals surface area contributed by atoms with Crippen LogP contribution < -0.4 is 9.47 Å². The van der Waals surface area contributed by atoms with E-state index in [0.717, 1.165) is 40.2 Å². The maximum atomic E-state index is 9.76. The van der Waals surface area contributed by atoms with Crippen LogP contribution in [0.25, 0.3) is 22.2 Å². The fraction of sp³-hybridized carbons (Fsp3) is 0.250. The zero-order valence-electron chi connectivity index (χ0n) is 14.8. The van der Waals surface area contributed by atoms with Gasteiger partial charge in [0.05, 0.1) is 30.4 Å². The summed E-state index contributed by atoms with van der Waals surface area (Å²) in [5, 5.41) is 14.0. The minimum atomic E-state index is 0.340. The van der Waals surface area contributed by atoms with Crippen LogP contribution in [0.5, 0.6) is 11.5 Å². The van der Waals surface area contributed by atoms with E-state index in [1.54, 1.807) is 7.11 Å². The van der Waals surface area contributed by atoms with Crippen molar-refractivity contribution in [2.45, 2.75) is 13.5 Å². The van der Waals surface area contributed by atoms with Gasteiger partial charge in [0.15, 0.2) is 0 Å². The molecule has 3 rings (SSSR count). The molecule has 0 bridgehead atoms. The normalized spacial score (nSPS) is 10.5. The molecule has 0 fully saturated rings. The Kier molecular flexibility index (Phi) is 5.18. The highest BCUT2D eigenvalue weighted by Gasteiger charge is 2.18. The number of hydrogen-bond donors (Lipinski definition) is 1. The van der Waals surface area contributed by atoms with Crippen LogP contribution in [0.1, 0.15) is 12.5 Å². The van der Waals surface area contributed by atoms with Crippen molar-refractivity contribution in [2.24, 2.45) is 5.11 Å². The Morgan fingerprint density at radius 2 is 1.88 bits per heavy atom. The number of fused-ring (bicyclic) bond motifs is 1. The molecule has 132 valence electrons. The number of nitrogens with zero attached hydrogens (tertiary/aromatic N) is 3. The van der Waals surface area contributed by atoms with Crippen molar-refractivity contribution in [3.63, 3.8) is 0 Å². The van der Waals surface area contributed by atoms with Gasteiger partial charge in [-0.15, -0.1) is 0 Å². The first kappa shape index (κ1) is 17.5. The van der Waals surface area contributed by atoms with Gasteiger partial charge < -0.3 is 14.0 Å². The summed E-state index contributed by atoms with van der Waals surface area (Å²) in [7, 11) is 1.64. The third-order valence-corrected chi connectivity index (χ3v) is 4.30. The van der Waals surface area contributed by atoms with E-state index in [4.69, 9.17) is 15.0 Å². The quantitative estimate of drug-likeness (QED) is 0.499. The van der Waals surface area contributed by atoms with E-state index < -0.39 is 0 Å².